The number of nitrogens with zero attached hydrogens (tertiary/aromatic N) is 1. The van der Waals surface area contributed by atoms with E-state index in [0.717, 1.165) is 39.6 Å². The molecule has 27 heavy (non-hydrogen) atoms. The van der Waals surface area contributed by atoms with Gasteiger partial charge in [-0.3, -0.25) is 4.79 Å². The second kappa shape index (κ2) is 8.55. The fourth-order valence-electron chi connectivity index (χ4n) is 2.98. The summed E-state index contributed by atoms with van der Waals surface area (Å²) in [6.45, 7) is 3.98. The van der Waals surface area contributed by atoms with Crippen LogP contribution in [0.5, 0.6) is 0 Å². The van der Waals surface area contributed by atoms with Crippen molar-refractivity contribution in [1.29, 1.82) is 0 Å². The SMILES string of the molecule is CC[C@H](CC(=O)O)c1ccc(-c2nc(C)cs2)c(Nc2ccc(Cl)cc2)c1. The van der Waals surface area contributed by atoms with Crippen LogP contribution in [0.2, 0.25) is 5.02 Å². The summed E-state index contributed by atoms with van der Waals surface area (Å²) in [6, 6.07) is 13.6. The number of hydrogen-bond donors (Lipinski definition) is 2. The number of nitrogens with one attached hydrogen (secondary N) is 1. The van der Waals surface area contributed by atoms with Gasteiger partial charge in [0, 0.05) is 33.0 Å². The highest BCUT2D eigenvalue weighted by atomic mass is 35.5. The Morgan fingerprint density at radius 2 is 2.00 bits per heavy atom. The normalized spacial score (nSPS) is 12.0. The molecule has 1 heterocycles. The minimum Gasteiger partial charge on any atom is -0.481 e. The predicted octanol–water partition coefficient (Wildman–Crippen LogP) is 6.48. The number of benzene rings is 2. The second-order valence-corrected chi connectivity index (χ2v) is 7.73. The predicted molar refractivity (Wildman–Crippen MR) is 112 cm³/mol. The Morgan fingerprint density at radius 1 is 1.26 bits per heavy atom. The molecule has 0 saturated heterocycles. The van der Waals surface area contributed by atoms with Crippen LogP contribution >= 0.6 is 22.9 Å². The maximum atomic E-state index is 11.2. The van der Waals surface area contributed by atoms with Gasteiger partial charge in [-0.15, -0.1) is 11.3 Å². The number of aryl methyl sites for hydroxylation is 1. The van der Waals surface area contributed by atoms with Crippen LogP contribution in [0.4, 0.5) is 11.4 Å². The van der Waals surface area contributed by atoms with Gasteiger partial charge in [0.15, 0.2) is 0 Å². The second-order valence-electron chi connectivity index (χ2n) is 6.43. The summed E-state index contributed by atoms with van der Waals surface area (Å²) in [7, 11) is 0. The van der Waals surface area contributed by atoms with Gasteiger partial charge < -0.3 is 10.4 Å². The third kappa shape index (κ3) is 4.87. The first-order valence-corrected chi connectivity index (χ1v) is 10.0. The molecule has 3 aromatic rings. The van der Waals surface area contributed by atoms with Crippen molar-refractivity contribution in [3.63, 3.8) is 0 Å². The first kappa shape index (κ1) is 19.4. The highest BCUT2D eigenvalue weighted by Gasteiger charge is 2.17. The number of carboxylic acids is 1. The molecule has 0 radical (unpaired) electrons. The third-order valence-electron chi connectivity index (χ3n) is 4.40. The zero-order chi connectivity index (χ0) is 19.4. The van der Waals surface area contributed by atoms with Crippen LogP contribution in [0.15, 0.2) is 47.8 Å². The first-order valence-electron chi connectivity index (χ1n) is 8.77. The summed E-state index contributed by atoms with van der Waals surface area (Å²) < 4.78 is 0. The minimum absolute atomic E-state index is 0.0275. The lowest BCUT2D eigenvalue weighted by molar-refractivity contribution is -0.137. The summed E-state index contributed by atoms with van der Waals surface area (Å²) in [5, 5.41) is 16.3. The van der Waals surface area contributed by atoms with Gasteiger partial charge in [-0.05, 0) is 61.2 Å². The fraction of sp³-hybridized carbons (Fsp3) is 0.238. The summed E-state index contributed by atoms with van der Waals surface area (Å²) in [5.74, 6) is -0.811. The van der Waals surface area contributed by atoms with Gasteiger partial charge in [-0.25, -0.2) is 4.98 Å². The van der Waals surface area contributed by atoms with E-state index < -0.39 is 5.97 Å². The standard InChI is InChI=1S/C21H21ClN2O2S/c1-3-14(11-20(25)26)15-4-9-18(21-23-13(2)12-27-21)19(10-15)24-17-7-5-16(22)6-8-17/h4-10,12,14,24H,3,11H2,1-2H3,(H,25,26)/t14-/m1/s1. The van der Waals surface area contributed by atoms with Crippen LogP contribution in [-0.4, -0.2) is 16.1 Å². The Kier molecular flexibility index (Phi) is 6.14. The zero-order valence-corrected chi connectivity index (χ0v) is 16.8. The molecule has 2 aromatic carbocycles. The molecule has 0 aliphatic rings. The molecule has 2 N–H and O–H groups in total. The maximum Gasteiger partial charge on any atom is 0.303 e. The van der Waals surface area contributed by atoms with Gasteiger partial charge in [-0.2, -0.15) is 0 Å². The summed E-state index contributed by atoms with van der Waals surface area (Å²) in [4.78, 5) is 15.8. The number of anilines is 2. The van der Waals surface area contributed by atoms with Crippen LogP contribution in [0.3, 0.4) is 0 Å². The monoisotopic (exact) mass is 400 g/mol. The molecule has 0 unspecified atom stereocenters. The summed E-state index contributed by atoms with van der Waals surface area (Å²) >= 11 is 7.58. The molecular weight excluding hydrogens is 380 g/mol. The Bertz CT molecular complexity index is 938. The van der Waals surface area contributed by atoms with Crippen molar-refractivity contribution in [2.45, 2.75) is 32.6 Å². The average molecular weight is 401 g/mol. The van der Waals surface area contributed by atoms with E-state index in [1.54, 1.807) is 11.3 Å². The molecule has 140 valence electrons. The Hall–Kier alpha value is -2.37. The van der Waals surface area contributed by atoms with Gasteiger partial charge in [0.1, 0.15) is 5.01 Å². The van der Waals surface area contributed by atoms with Crippen molar-refractivity contribution in [2.75, 3.05) is 5.32 Å². The lowest BCUT2D eigenvalue weighted by atomic mass is 9.92. The summed E-state index contributed by atoms with van der Waals surface area (Å²) in [5.41, 5.74) is 4.81. The number of carboxylic acid groups (broad SMARTS) is 1. The molecule has 0 aliphatic carbocycles. The van der Waals surface area contributed by atoms with Gasteiger partial charge in [0.25, 0.3) is 0 Å². The molecule has 0 bridgehead atoms. The smallest absolute Gasteiger partial charge is 0.303 e. The van der Waals surface area contributed by atoms with Crippen molar-refractivity contribution >= 4 is 40.3 Å². The van der Waals surface area contributed by atoms with E-state index in [0.29, 0.717) is 5.02 Å². The minimum atomic E-state index is -0.784. The Labute approximate surface area is 167 Å². The number of aliphatic carboxylic acids is 1. The number of rotatable bonds is 7. The highest BCUT2D eigenvalue weighted by molar-refractivity contribution is 7.13. The van der Waals surface area contributed by atoms with Crippen LogP contribution in [0.1, 0.15) is 36.9 Å². The van der Waals surface area contributed by atoms with Crippen molar-refractivity contribution < 1.29 is 9.90 Å². The van der Waals surface area contributed by atoms with Crippen LogP contribution in [0.25, 0.3) is 10.6 Å². The van der Waals surface area contributed by atoms with Crippen LogP contribution in [-0.2, 0) is 4.79 Å². The average Bonchev–Trinajstić information content (AvgIpc) is 3.07. The van der Waals surface area contributed by atoms with Gasteiger partial charge in [0.2, 0.25) is 0 Å². The van der Waals surface area contributed by atoms with Crippen molar-refractivity contribution in [3.8, 4) is 10.6 Å². The molecule has 1 atom stereocenters. The first-order chi connectivity index (χ1) is 13.0. The summed E-state index contributed by atoms with van der Waals surface area (Å²) in [6.07, 6.45) is 0.884. The van der Waals surface area contributed by atoms with Crippen molar-refractivity contribution in [1.82, 2.24) is 4.98 Å². The molecule has 0 saturated carbocycles. The van der Waals surface area contributed by atoms with E-state index >= 15 is 0 Å². The van der Waals surface area contributed by atoms with Crippen molar-refractivity contribution in [2.24, 2.45) is 0 Å². The third-order valence-corrected chi connectivity index (χ3v) is 5.65. The van der Waals surface area contributed by atoms with E-state index in [4.69, 9.17) is 11.6 Å². The number of halogens is 1. The Morgan fingerprint density at radius 3 is 2.59 bits per heavy atom. The molecule has 3 rings (SSSR count). The van der Waals surface area contributed by atoms with Gasteiger partial charge >= 0.3 is 5.97 Å². The fourth-order valence-corrected chi connectivity index (χ4v) is 3.94. The number of hydrogen-bond acceptors (Lipinski definition) is 4. The van der Waals surface area contributed by atoms with E-state index in [9.17, 15) is 9.90 Å². The molecular formula is C21H21ClN2O2S. The van der Waals surface area contributed by atoms with Gasteiger partial charge in [-0.1, -0.05) is 24.6 Å². The number of carbonyl (C=O) groups is 1. The largest absolute Gasteiger partial charge is 0.481 e. The molecule has 1 aromatic heterocycles. The molecule has 0 fully saturated rings. The van der Waals surface area contributed by atoms with Gasteiger partial charge in [0.05, 0.1) is 6.42 Å². The quantitative estimate of drug-likeness (QED) is 0.476. The van der Waals surface area contributed by atoms with E-state index in [1.165, 1.54) is 0 Å². The topological polar surface area (TPSA) is 62.2 Å². The lowest BCUT2D eigenvalue weighted by Gasteiger charge is -2.17. The van der Waals surface area contributed by atoms with E-state index in [-0.39, 0.29) is 12.3 Å². The lowest BCUT2D eigenvalue weighted by Crippen LogP contribution is -2.06. The van der Waals surface area contributed by atoms with E-state index in [1.807, 2.05) is 61.7 Å². The molecule has 0 spiro atoms. The number of thiazole rings is 1. The molecule has 0 amide bonds. The molecule has 0 aliphatic heterocycles. The maximum absolute atomic E-state index is 11.2. The highest BCUT2D eigenvalue weighted by Crippen LogP contribution is 2.36. The number of aromatic nitrogens is 1. The van der Waals surface area contributed by atoms with E-state index in [2.05, 4.69) is 10.3 Å². The Balaban J connectivity index is 2.02. The molecule has 6 heteroatoms. The van der Waals surface area contributed by atoms with Crippen LogP contribution in [0, 0.1) is 6.92 Å². The van der Waals surface area contributed by atoms with Crippen molar-refractivity contribution in [3.05, 3.63) is 64.1 Å². The zero-order valence-electron chi connectivity index (χ0n) is 15.2. The molecule has 4 nitrogen and oxygen atoms in total. The van der Waals surface area contributed by atoms with Crippen LogP contribution < -0.4 is 5.32 Å².